The van der Waals surface area contributed by atoms with E-state index in [0.717, 1.165) is 5.92 Å². The van der Waals surface area contributed by atoms with E-state index < -0.39 is 0 Å². The summed E-state index contributed by atoms with van der Waals surface area (Å²) in [6.07, 6.45) is 11.4. The van der Waals surface area contributed by atoms with Crippen LogP contribution in [0.1, 0.15) is 58.3 Å². The predicted octanol–water partition coefficient (Wildman–Crippen LogP) is 3.35. The van der Waals surface area contributed by atoms with Gasteiger partial charge in [0, 0.05) is 0 Å². The van der Waals surface area contributed by atoms with Gasteiger partial charge < -0.3 is 5.32 Å². The molecule has 78 valence electrons. The molecule has 0 unspecified atom stereocenters. The van der Waals surface area contributed by atoms with Crippen molar-refractivity contribution in [1.29, 1.82) is 0 Å². The quantitative estimate of drug-likeness (QED) is 0.541. The Kier molecular flexibility index (Phi) is 6.26. The van der Waals surface area contributed by atoms with Crippen LogP contribution < -0.4 is 5.32 Å². The van der Waals surface area contributed by atoms with Crippen molar-refractivity contribution in [2.24, 2.45) is 5.92 Å². The summed E-state index contributed by atoms with van der Waals surface area (Å²) in [6, 6.07) is 0. The predicted molar refractivity (Wildman–Crippen MR) is 59.0 cm³/mol. The molecule has 0 heterocycles. The van der Waals surface area contributed by atoms with Crippen molar-refractivity contribution in [2.75, 3.05) is 13.1 Å². The molecular weight excluding hydrogens is 158 g/mol. The van der Waals surface area contributed by atoms with Crippen molar-refractivity contribution in [3.8, 4) is 0 Å². The Bertz CT molecular complexity index is 108. The van der Waals surface area contributed by atoms with Gasteiger partial charge in [0.1, 0.15) is 0 Å². The molecule has 1 saturated carbocycles. The van der Waals surface area contributed by atoms with Gasteiger partial charge in [-0.15, -0.1) is 0 Å². The van der Waals surface area contributed by atoms with Gasteiger partial charge in [0.2, 0.25) is 0 Å². The van der Waals surface area contributed by atoms with E-state index >= 15 is 0 Å². The van der Waals surface area contributed by atoms with Crippen LogP contribution in [0.5, 0.6) is 0 Å². The number of hydrogen-bond acceptors (Lipinski definition) is 1. The minimum atomic E-state index is 1.11. The maximum absolute atomic E-state index is 3.53. The lowest BCUT2D eigenvalue weighted by molar-refractivity contribution is 0.561. The summed E-state index contributed by atoms with van der Waals surface area (Å²) in [5.74, 6) is 1.11. The van der Waals surface area contributed by atoms with Gasteiger partial charge >= 0.3 is 0 Å². The standard InChI is InChI=1S/C12H25N/c1-2-3-4-5-10-13-11-6-7-12-8-9-12/h12-13H,2-11H2,1H3. The van der Waals surface area contributed by atoms with Crippen LogP contribution in [0.2, 0.25) is 0 Å². The Balaban J connectivity index is 1.63. The van der Waals surface area contributed by atoms with Gasteiger partial charge in [0.25, 0.3) is 0 Å². The van der Waals surface area contributed by atoms with Crippen molar-refractivity contribution in [2.45, 2.75) is 58.3 Å². The van der Waals surface area contributed by atoms with Gasteiger partial charge in [-0.3, -0.25) is 0 Å². The molecule has 0 amide bonds. The summed E-state index contributed by atoms with van der Waals surface area (Å²) in [5, 5.41) is 3.53. The molecule has 1 nitrogen and oxygen atoms in total. The van der Waals surface area contributed by atoms with Crippen LogP contribution in [0, 0.1) is 5.92 Å². The largest absolute Gasteiger partial charge is 0.317 e. The SMILES string of the molecule is CCCCCCNCCCC1CC1. The molecule has 1 aliphatic carbocycles. The molecule has 0 atom stereocenters. The van der Waals surface area contributed by atoms with Crippen molar-refractivity contribution < 1.29 is 0 Å². The average molecular weight is 183 g/mol. The Morgan fingerprint density at radius 1 is 1.00 bits per heavy atom. The van der Waals surface area contributed by atoms with Crippen LogP contribution in [0.15, 0.2) is 0 Å². The van der Waals surface area contributed by atoms with E-state index in [1.807, 2.05) is 0 Å². The van der Waals surface area contributed by atoms with Crippen LogP contribution >= 0.6 is 0 Å². The summed E-state index contributed by atoms with van der Waals surface area (Å²) in [4.78, 5) is 0. The Morgan fingerprint density at radius 2 is 1.77 bits per heavy atom. The smallest absolute Gasteiger partial charge is 0.00488 e. The fourth-order valence-electron chi connectivity index (χ4n) is 1.72. The van der Waals surface area contributed by atoms with Gasteiger partial charge in [0.05, 0.1) is 0 Å². The molecule has 1 rings (SSSR count). The lowest BCUT2D eigenvalue weighted by Crippen LogP contribution is -2.16. The van der Waals surface area contributed by atoms with Crippen molar-refractivity contribution in [1.82, 2.24) is 5.32 Å². The lowest BCUT2D eigenvalue weighted by Gasteiger charge is -2.03. The Hall–Kier alpha value is -0.0400. The normalized spacial score (nSPS) is 16.4. The third-order valence-corrected chi connectivity index (χ3v) is 2.87. The highest BCUT2D eigenvalue weighted by Crippen LogP contribution is 2.33. The van der Waals surface area contributed by atoms with E-state index in [1.165, 1.54) is 64.5 Å². The lowest BCUT2D eigenvalue weighted by atomic mass is 10.2. The third-order valence-electron chi connectivity index (χ3n) is 2.87. The zero-order valence-electron chi connectivity index (χ0n) is 9.15. The highest BCUT2D eigenvalue weighted by Gasteiger charge is 2.19. The summed E-state index contributed by atoms with van der Waals surface area (Å²) in [6.45, 7) is 4.76. The van der Waals surface area contributed by atoms with Gasteiger partial charge in [-0.25, -0.2) is 0 Å². The van der Waals surface area contributed by atoms with Gasteiger partial charge in [-0.2, -0.15) is 0 Å². The van der Waals surface area contributed by atoms with Crippen LogP contribution in [0.3, 0.4) is 0 Å². The first kappa shape index (κ1) is 11.0. The second-order valence-corrected chi connectivity index (χ2v) is 4.40. The van der Waals surface area contributed by atoms with Crippen LogP contribution in [0.4, 0.5) is 0 Å². The summed E-state index contributed by atoms with van der Waals surface area (Å²) in [7, 11) is 0. The van der Waals surface area contributed by atoms with Crippen molar-refractivity contribution in [3.63, 3.8) is 0 Å². The molecule has 13 heavy (non-hydrogen) atoms. The summed E-state index contributed by atoms with van der Waals surface area (Å²) >= 11 is 0. The highest BCUT2D eigenvalue weighted by atomic mass is 14.8. The Morgan fingerprint density at radius 3 is 2.46 bits per heavy atom. The van der Waals surface area contributed by atoms with E-state index in [2.05, 4.69) is 12.2 Å². The maximum atomic E-state index is 3.53. The first-order valence-electron chi connectivity index (χ1n) is 6.14. The van der Waals surface area contributed by atoms with Crippen LogP contribution in [0.25, 0.3) is 0 Å². The Labute approximate surface area is 83.3 Å². The fraction of sp³-hybridized carbons (Fsp3) is 1.00. The molecule has 0 aromatic heterocycles. The molecule has 0 saturated heterocycles. The third kappa shape index (κ3) is 7.06. The highest BCUT2D eigenvalue weighted by molar-refractivity contribution is 4.72. The molecule has 0 aliphatic heterocycles. The van der Waals surface area contributed by atoms with Gasteiger partial charge in [-0.1, -0.05) is 39.0 Å². The molecular formula is C12H25N. The minimum Gasteiger partial charge on any atom is -0.317 e. The molecule has 1 N–H and O–H groups in total. The van der Waals surface area contributed by atoms with E-state index in [0.29, 0.717) is 0 Å². The summed E-state index contributed by atoms with van der Waals surface area (Å²) in [5.41, 5.74) is 0. The molecule has 0 aromatic rings. The second-order valence-electron chi connectivity index (χ2n) is 4.40. The monoisotopic (exact) mass is 183 g/mol. The molecule has 0 spiro atoms. The first-order valence-corrected chi connectivity index (χ1v) is 6.14. The number of hydrogen-bond donors (Lipinski definition) is 1. The summed E-state index contributed by atoms with van der Waals surface area (Å²) < 4.78 is 0. The minimum absolute atomic E-state index is 1.11. The molecule has 0 radical (unpaired) electrons. The zero-order chi connectivity index (χ0) is 9.36. The maximum Gasteiger partial charge on any atom is -0.00488 e. The first-order chi connectivity index (χ1) is 6.43. The molecule has 1 fully saturated rings. The molecule has 1 heteroatoms. The van der Waals surface area contributed by atoms with Gasteiger partial charge in [0.15, 0.2) is 0 Å². The van der Waals surface area contributed by atoms with Crippen LogP contribution in [-0.2, 0) is 0 Å². The van der Waals surface area contributed by atoms with E-state index in [1.54, 1.807) is 0 Å². The average Bonchev–Trinajstić information content (AvgIpc) is 2.93. The van der Waals surface area contributed by atoms with E-state index in [4.69, 9.17) is 0 Å². The zero-order valence-corrected chi connectivity index (χ0v) is 9.15. The van der Waals surface area contributed by atoms with E-state index in [-0.39, 0.29) is 0 Å². The topological polar surface area (TPSA) is 12.0 Å². The molecule has 0 bridgehead atoms. The second kappa shape index (κ2) is 7.37. The van der Waals surface area contributed by atoms with Crippen molar-refractivity contribution >= 4 is 0 Å². The van der Waals surface area contributed by atoms with E-state index in [9.17, 15) is 0 Å². The van der Waals surface area contributed by atoms with Crippen molar-refractivity contribution in [3.05, 3.63) is 0 Å². The molecule has 1 aliphatic rings. The number of unbranched alkanes of at least 4 members (excludes halogenated alkanes) is 3. The fourth-order valence-corrected chi connectivity index (χ4v) is 1.72. The van der Waals surface area contributed by atoms with Crippen LogP contribution in [-0.4, -0.2) is 13.1 Å². The number of rotatable bonds is 9. The molecule has 0 aromatic carbocycles. The number of nitrogens with one attached hydrogen (secondary N) is 1. The van der Waals surface area contributed by atoms with Gasteiger partial charge in [-0.05, 0) is 38.3 Å².